The summed E-state index contributed by atoms with van der Waals surface area (Å²) in [7, 11) is -1.91. The molecule has 0 heterocycles. The van der Waals surface area contributed by atoms with E-state index in [1.807, 2.05) is 0 Å². The van der Waals surface area contributed by atoms with E-state index in [-0.39, 0.29) is 4.90 Å². The largest absolute Gasteiger partial charge is 0.495 e. The van der Waals surface area contributed by atoms with E-state index in [1.165, 1.54) is 7.11 Å². The number of benzene rings is 1. The molecule has 1 N–H and O–H groups in total. The highest BCUT2D eigenvalue weighted by Gasteiger charge is 2.41. The highest BCUT2D eigenvalue weighted by molar-refractivity contribution is 7.90. The lowest BCUT2D eigenvalue weighted by Gasteiger charge is -2.14. The molecule has 94 valence electrons. The predicted molar refractivity (Wildman–Crippen MR) is 64.0 cm³/mol. The first kappa shape index (κ1) is 12.4. The first-order chi connectivity index (χ1) is 7.86. The second-order valence-corrected chi connectivity index (χ2v) is 6.57. The molecule has 0 aliphatic heterocycles. The molecule has 0 atom stereocenters. The van der Waals surface area contributed by atoms with Crippen molar-refractivity contribution in [3.05, 3.63) is 23.8 Å². The normalized spacial score (nSPS) is 17.8. The Hall–Kier alpha value is -1.07. The topological polar surface area (TPSA) is 63.6 Å². The number of rotatable bonds is 4. The summed E-state index contributed by atoms with van der Waals surface area (Å²) in [6.07, 6.45) is 2.98. The van der Waals surface area contributed by atoms with Crippen LogP contribution in [0.25, 0.3) is 0 Å². The van der Waals surface area contributed by atoms with Gasteiger partial charge in [0.15, 0.2) is 9.84 Å². The van der Waals surface area contributed by atoms with E-state index in [0.717, 1.165) is 19.1 Å². The van der Waals surface area contributed by atoms with Gasteiger partial charge in [0.25, 0.3) is 0 Å². The van der Waals surface area contributed by atoms with Crippen LogP contribution < -0.4 is 4.74 Å². The van der Waals surface area contributed by atoms with Gasteiger partial charge in [-0.05, 0) is 24.5 Å². The molecule has 1 saturated carbocycles. The van der Waals surface area contributed by atoms with Crippen molar-refractivity contribution in [2.45, 2.75) is 29.8 Å². The molecule has 0 bridgehead atoms. The minimum atomic E-state index is -3.36. The van der Waals surface area contributed by atoms with E-state index in [0.29, 0.717) is 17.7 Å². The first-order valence-electron chi connectivity index (χ1n) is 5.44. The first-order valence-corrected chi connectivity index (χ1v) is 7.33. The molecule has 1 fully saturated rings. The zero-order valence-corrected chi connectivity index (χ0v) is 10.8. The minimum absolute atomic E-state index is 0.197. The summed E-state index contributed by atoms with van der Waals surface area (Å²) < 4.78 is 28.6. The number of methoxy groups -OCH3 is 1. The van der Waals surface area contributed by atoms with Crippen LogP contribution in [-0.2, 0) is 16.3 Å². The van der Waals surface area contributed by atoms with E-state index in [4.69, 9.17) is 4.74 Å². The smallest absolute Gasteiger partial charge is 0.179 e. The van der Waals surface area contributed by atoms with Crippen LogP contribution in [0.2, 0.25) is 0 Å². The van der Waals surface area contributed by atoms with Crippen LogP contribution in [0, 0.1) is 0 Å². The summed E-state index contributed by atoms with van der Waals surface area (Å²) in [6, 6.07) is 5.10. The molecule has 1 aromatic rings. The number of ether oxygens (including phenoxy) is 1. The van der Waals surface area contributed by atoms with Gasteiger partial charge in [-0.25, -0.2) is 8.42 Å². The van der Waals surface area contributed by atoms with E-state index >= 15 is 0 Å². The van der Waals surface area contributed by atoms with Gasteiger partial charge in [0, 0.05) is 12.7 Å². The zero-order valence-electron chi connectivity index (χ0n) is 9.93. The van der Waals surface area contributed by atoms with Crippen LogP contribution in [0.1, 0.15) is 18.4 Å². The van der Waals surface area contributed by atoms with Gasteiger partial charge in [-0.3, -0.25) is 0 Å². The maximum atomic E-state index is 11.8. The van der Waals surface area contributed by atoms with E-state index in [1.54, 1.807) is 18.2 Å². The maximum absolute atomic E-state index is 11.8. The fourth-order valence-corrected chi connectivity index (χ4v) is 3.09. The molecule has 4 nitrogen and oxygen atoms in total. The Labute approximate surface area is 101 Å². The highest BCUT2D eigenvalue weighted by Crippen LogP contribution is 2.40. The van der Waals surface area contributed by atoms with Crippen molar-refractivity contribution in [1.29, 1.82) is 0 Å². The van der Waals surface area contributed by atoms with E-state index in [9.17, 15) is 13.5 Å². The molecule has 0 spiro atoms. The van der Waals surface area contributed by atoms with Gasteiger partial charge in [0.1, 0.15) is 10.6 Å². The van der Waals surface area contributed by atoms with Gasteiger partial charge in [-0.1, -0.05) is 12.1 Å². The number of hydrogen-bond acceptors (Lipinski definition) is 4. The number of aliphatic hydroxyl groups is 1. The van der Waals surface area contributed by atoms with Crippen LogP contribution >= 0.6 is 0 Å². The molecule has 0 radical (unpaired) electrons. The van der Waals surface area contributed by atoms with Gasteiger partial charge in [-0.2, -0.15) is 0 Å². The minimum Gasteiger partial charge on any atom is -0.495 e. The third kappa shape index (κ3) is 2.61. The monoisotopic (exact) mass is 256 g/mol. The van der Waals surface area contributed by atoms with Crippen LogP contribution in [0.4, 0.5) is 0 Å². The highest BCUT2D eigenvalue weighted by atomic mass is 32.2. The quantitative estimate of drug-likeness (QED) is 0.878. The Kier molecular flexibility index (Phi) is 2.91. The lowest BCUT2D eigenvalue weighted by Crippen LogP contribution is -2.14. The second-order valence-electron chi connectivity index (χ2n) is 4.62. The van der Waals surface area contributed by atoms with Crippen molar-refractivity contribution in [2.24, 2.45) is 0 Å². The van der Waals surface area contributed by atoms with Gasteiger partial charge < -0.3 is 9.84 Å². The molecular weight excluding hydrogens is 240 g/mol. The Morgan fingerprint density at radius 3 is 2.53 bits per heavy atom. The Morgan fingerprint density at radius 1 is 1.41 bits per heavy atom. The van der Waals surface area contributed by atoms with Crippen LogP contribution in [0.5, 0.6) is 5.75 Å². The van der Waals surface area contributed by atoms with Crippen molar-refractivity contribution in [2.75, 3.05) is 13.4 Å². The molecule has 0 aromatic heterocycles. The van der Waals surface area contributed by atoms with Gasteiger partial charge in [0.05, 0.1) is 12.7 Å². The van der Waals surface area contributed by atoms with Crippen molar-refractivity contribution in [1.82, 2.24) is 0 Å². The molecule has 17 heavy (non-hydrogen) atoms. The molecule has 1 aliphatic carbocycles. The van der Waals surface area contributed by atoms with Crippen LogP contribution in [-0.4, -0.2) is 32.5 Å². The molecule has 5 heteroatoms. The molecule has 1 aromatic carbocycles. The molecule has 2 rings (SSSR count). The summed E-state index contributed by atoms with van der Waals surface area (Å²) in [5, 5.41) is 9.90. The Balaban J connectivity index is 2.50. The maximum Gasteiger partial charge on any atom is 0.179 e. The van der Waals surface area contributed by atoms with Crippen LogP contribution in [0.3, 0.4) is 0 Å². The average molecular weight is 256 g/mol. The van der Waals surface area contributed by atoms with E-state index in [2.05, 4.69) is 0 Å². The third-order valence-corrected chi connectivity index (χ3v) is 4.20. The Morgan fingerprint density at radius 2 is 2.06 bits per heavy atom. The zero-order chi connectivity index (χ0) is 12.7. The lowest BCUT2D eigenvalue weighted by molar-refractivity contribution is 0.150. The summed E-state index contributed by atoms with van der Waals surface area (Å²) in [6.45, 7) is 0. The van der Waals surface area contributed by atoms with Crippen LogP contribution in [0.15, 0.2) is 23.1 Å². The van der Waals surface area contributed by atoms with Crippen molar-refractivity contribution in [3.8, 4) is 5.75 Å². The SMILES string of the molecule is COc1cccc(CC2(O)CC2)c1S(C)(=O)=O. The van der Waals surface area contributed by atoms with Crippen molar-refractivity contribution < 1.29 is 18.3 Å². The number of hydrogen-bond donors (Lipinski definition) is 1. The fourth-order valence-electron chi connectivity index (χ4n) is 1.96. The van der Waals surface area contributed by atoms with Crippen molar-refractivity contribution in [3.63, 3.8) is 0 Å². The van der Waals surface area contributed by atoms with Gasteiger partial charge >= 0.3 is 0 Å². The summed E-state index contributed by atoms with van der Waals surface area (Å²) in [4.78, 5) is 0.197. The summed E-state index contributed by atoms with van der Waals surface area (Å²) >= 11 is 0. The standard InChI is InChI=1S/C12H16O4S/c1-16-10-5-3-4-9(8-12(13)6-7-12)11(10)17(2,14)15/h3-5,13H,6-8H2,1-2H3. The second kappa shape index (κ2) is 3.99. The third-order valence-electron chi connectivity index (χ3n) is 3.00. The molecule has 1 aliphatic rings. The number of sulfone groups is 1. The fraction of sp³-hybridized carbons (Fsp3) is 0.500. The van der Waals surface area contributed by atoms with Gasteiger partial charge in [0.2, 0.25) is 0 Å². The average Bonchev–Trinajstić information content (AvgIpc) is 2.94. The lowest BCUT2D eigenvalue weighted by atomic mass is 10.1. The van der Waals surface area contributed by atoms with Gasteiger partial charge in [-0.15, -0.1) is 0 Å². The summed E-state index contributed by atoms with van der Waals surface area (Å²) in [5.41, 5.74) is -0.0851. The molecular formula is C12H16O4S. The van der Waals surface area contributed by atoms with E-state index < -0.39 is 15.4 Å². The van der Waals surface area contributed by atoms with Crippen molar-refractivity contribution >= 4 is 9.84 Å². The molecule has 0 saturated heterocycles. The molecule has 0 unspecified atom stereocenters. The molecule has 0 amide bonds. The predicted octanol–water partition coefficient (Wildman–Crippen LogP) is 1.17. The summed E-state index contributed by atoms with van der Waals surface area (Å²) in [5.74, 6) is 0.342. The Bertz CT molecular complexity index is 529.